The Kier molecular flexibility index (Phi) is 7.00. The second-order valence-corrected chi connectivity index (χ2v) is 7.29. The first-order valence-electron chi connectivity index (χ1n) is 9.28. The van der Waals surface area contributed by atoms with Gasteiger partial charge in [-0.1, -0.05) is 38.0 Å². The molecule has 1 aliphatic carbocycles. The first-order valence-corrected chi connectivity index (χ1v) is 9.28. The molecule has 0 saturated heterocycles. The lowest BCUT2D eigenvalue weighted by atomic mass is 9.85. The fraction of sp³-hybridized carbons (Fsp3) is 0.600. The zero-order valence-electron chi connectivity index (χ0n) is 15.8. The minimum atomic E-state index is -0.293. The van der Waals surface area contributed by atoms with Crippen LogP contribution in [0.25, 0.3) is 0 Å². The Hall–Kier alpha value is -1.88. The Labute approximate surface area is 151 Å². The summed E-state index contributed by atoms with van der Waals surface area (Å²) in [4.78, 5) is 24.4. The highest BCUT2D eigenvalue weighted by atomic mass is 16.2. The maximum Gasteiger partial charge on any atom is 0.243 e. The van der Waals surface area contributed by atoms with Gasteiger partial charge in [0.05, 0.1) is 12.6 Å². The molecule has 0 heterocycles. The van der Waals surface area contributed by atoms with Gasteiger partial charge in [0.25, 0.3) is 0 Å². The molecule has 3 N–H and O–H groups in total. The summed E-state index contributed by atoms with van der Waals surface area (Å²) in [6, 6.07) is 5.97. The van der Waals surface area contributed by atoms with Crippen molar-refractivity contribution in [1.29, 1.82) is 0 Å². The normalized spacial score (nSPS) is 21.4. The molecule has 0 bridgehead atoms. The maximum absolute atomic E-state index is 12.3. The average molecular weight is 345 g/mol. The van der Waals surface area contributed by atoms with Crippen molar-refractivity contribution in [3.05, 3.63) is 29.3 Å². The van der Waals surface area contributed by atoms with E-state index in [1.807, 2.05) is 39.0 Å². The van der Waals surface area contributed by atoms with E-state index in [0.717, 1.165) is 23.2 Å². The van der Waals surface area contributed by atoms with E-state index in [1.165, 1.54) is 19.3 Å². The molecule has 3 atom stereocenters. The first kappa shape index (κ1) is 19.4. The zero-order valence-corrected chi connectivity index (χ0v) is 15.8. The molecule has 2 rings (SSSR count). The van der Waals surface area contributed by atoms with E-state index >= 15 is 0 Å². The van der Waals surface area contributed by atoms with E-state index in [1.54, 1.807) is 0 Å². The summed E-state index contributed by atoms with van der Waals surface area (Å²) in [5.41, 5.74) is 2.85. The number of carbonyl (C=O) groups excluding carboxylic acids is 2. The molecule has 0 unspecified atom stereocenters. The van der Waals surface area contributed by atoms with Crippen molar-refractivity contribution in [1.82, 2.24) is 10.6 Å². The molecule has 0 aromatic heterocycles. The van der Waals surface area contributed by atoms with Crippen LogP contribution >= 0.6 is 0 Å². The van der Waals surface area contributed by atoms with Gasteiger partial charge in [-0.15, -0.1) is 0 Å². The summed E-state index contributed by atoms with van der Waals surface area (Å²) >= 11 is 0. The summed E-state index contributed by atoms with van der Waals surface area (Å²) in [5.74, 6) is 0.259. The molecule has 2 amide bonds. The number of rotatable bonds is 6. The Morgan fingerprint density at radius 2 is 1.80 bits per heavy atom. The van der Waals surface area contributed by atoms with Crippen molar-refractivity contribution < 1.29 is 9.59 Å². The average Bonchev–Trinajstić information content (AvgIpc) is 2.58. The second-order valence-electron chi connectivity index (χ2n) is 7.29. The number of anilines is 1. The molecule has 25 heavy (non-hydrogen) atoms. The van der Waals surface area contributed by atoms with Gasteiger partial charge < -0.3 is 16.0 Å². The topological polar surface area (TPSA) is 70.2 Å². The SMILES string of the molecule is Cc1cccc(C)c1NC(=O)CNC(=O)[C@H](C)N[C@H]1CCCC[C@@H]1C. The highest BCUT2D eigenvalue weighted by Gasteiger charge is 2.25. The number of carbonyl (C=O) groups is 2. The Balaban J connectivity index is 1.79. The fourth-order valence-electron chi connectivity index (χ4n) is 3.48. The van der Waals surface area contributed by atoms with Crippen LogP contribution in [0.15, 0.2) is 18.2 Å². The lowest BCUT2D eigenvalue weighted by Crippen LogP contribution is -2.50. The Bertz CT molecular complexity index is 595. The van der Waals surface area contributed by atoms with Crippen molar-refractivity contribution in [2.24, 2.45) is 5.92 Å². The number of para-hydroxylation sites is 1. The van der Waals surface area contributed by atoms with Crippen LogP contribution in [0, 0.1) is 19.8 Å². The van der Waals surface area contributed by atoms with Crippen molar-refractivity contribution in [3.63, 3.8) is 0 Å². The zero-order chi connectivity index (χ0) is 18.4. The molecule has 1 aromatic rings. The minimum absolute atomic E-state index is 0.0150. The quantitative estimate of drug-likeness (QED) is 0.742. The Morgan fingerprint density at radius 1 is 1.16 bits per heavy atom. The molecule has 138 valence electrons. The largest absolute Gasteiger partial charge is 0.346 e. The van der Waals surface area contributed by atoms with Crippen LogP contribution in [-0.2, 0) is 9.59 Å². The van der Waals surface area contributed by atoms with Crippen molar-refractivity contribution in [2.75, 3.05) is 11.9 Å². The third-order valence-electron chi connectivity index (χ3n) is 5.14. The van der Waals surface area contributed by atoms with Crippen molar-refractivity contribution in [2.45, 2.75) is 65.5 Å². The summed E-state index contributed by atoms with van der Waals surface area (Å²) in [6.45, 7) is 8.00. The van der Waals surface area contributed by atoms with E-state index in [-0.39, 0.29) is 24.4 Å². The van der Waals surface area contributed by atoms with E-state index in [4.69, 9.17) is 0 Å². The van der Waals surface area contributed by atoms with Crippen LogP contribution in [0.3, 0.4) is 0 Å². The molecule has 0 radical (unpaired) electrons. The summed E-state index contributed by atoms with van der Waals surface area (Å²) in [6.07, 6.45) is 4.82. The van der Waals surface area contributed by atoms with Gasteiger partial charge in [0.15, 0.2) is 0 Å². The van der Waals surface area contributed by atoms with E-state index in [2.05, 4.69) is 22.9 Å². The molecule has 1 fully saturated rings. The molecule has 5 heteroatoms. The van der Waals surface area contributed by atoms with Crippen molar-refractivity contribution in [3.8, 4) is 0 Å². The first-order chi connectivity index (χ1) is 11.9. The summed E-state index contributed by atoms with van der Waals surface area (Å²) in [7, 11) is 0. The highest BCUT2D eigenvalue weighted by Crippen LogP contribution is 2.24. The molecule has 5 nitrogen and oxygen atoms in total. The van der Waals surface area contributed by atoms with Gasteiger partial charge >= 0.3 is 0 Å². The lowest BCUT2D eigenvalue weighted by molar-refractivity contribution is -0.125. The van der Waals surface area contributed by atoms with Crippen molar-refractivity contribution >= 4 is 17.5 Å². The van der Waals surface area contributed by atoms with Crippen LogP contribution < -0.4 is 16.0 Å². The molecule has 1 aromatic carbocycles. The number of hydrogen-bond donors (Lipinski definition) is 3. The van der Waals surface area contributed by atoms with E-state index < -0.39 is 0 Å². The number of benzene rings is 1. The predicted octanol–water partition coefficient (Wildman–Crippen LogP) is 2.91. The number of aryl methyl sites for hydroxylation is 2. The van der Waals surface area contributed by atoms with Gasteiger partial charge in [-0.05, 0) is 50.7 Å². The van der Waals surface area contributed by atoms with Crippen LogP contribution in [0.1, 0.15) is 50.7 Å². The molecular weight excluding hydrogens is 314 g/mol. The van der Waals surface area contributed by atoms with E-state index in [0.29, 0.717) is 12.0 Å². The number of nitrogens with one attached hydrogen (secondary N) is 3. The van der Waals surface area contributed by atoms with E-state index in [9.17, 15) is 9.59 Å². The van der Waals surface area contributed by atoms with Gasteiger partial charge in [-0.3, -0.25) is 9.59 Å². The van der Waals surface area contributed by atoms with Crippen LogP contribution in [0.5, 0.6) is 0 Å². The molecule has 0 aliphatic heterocycles. The fourth-order valence-corrected chi connectivity index (χ4v) is 3.48. The van der Waals surface area contributed by atoms with Gasteiger partial charge in [-0.2, -0.15) is 0 Å². The standard InChI is InChI=1S/C20H31N3O2/c1-13-8-5-6-11-17(13)22-16(4)20(25)21-12-18(24)23-19-14(2)9-7-10-15(19)3/h7,9-10,13,16-17,22H,5-6,8,11-12H2,1-4H3,(H,21,25)(H,23,24)/t13-,16-,17-/m0/s1. The molecule has 1 saturated carbocycles. The third-order valence-corrected chi connectivity index (χ3v) is 5.14. The molecular formula is C20H31N3O2. The van der Waals surface area contributed by atoms with Gasteiger partial charge in [0.1, 0.15) is 0 Å². The van der Waals surface area contributed by atoms with Crippen LogP contribution in [-0.4, -0.2) is 30.4 Å². The van der Waals surface area contributed by atoms with Gasteiger partial charge in [0, 0.05) is 11.7 Å². The molecule has 0 spiro atoms. The molecule has 1 aliphatic rings. The van der Waals surface area contributed by atoms with Crippen LogP contribution in [0.4, 0.5) is 5.69 Å². The number of hydrogen-bond acceptors (Lipinski definition) is 3. The third kappa shape index (κ3) is 5.56. The van der Waals surface area contributed by atoms with Crippen LogP contribution in [0.2, 0.25) is 0 Å². The minimum Gasteiger partial charge on any atom is -0.346 e. The Morgan fingerprint density at radius 3 is 2.44 bits per heavy atom. The highest BCUT2D eigenvalue weighted by molar-refractivity contribution is 5.96. The summed E-state index contributed by atoms with van der Waals surface area (Å²) < 4.78 is 0. The smallest absolute Gasteiger partial charge is 0.243 e. The predicted molar refractivity (Wildman–Crippen MR) is 102 cm³/mol. The summed E-state index contributed by atoms with van der Waals surface area (Å²) in [5, 5.41) is 9.04. The lowest BCUT2D eigenvalue weighted by Gasteiger charge is -2.31. The monoisotopic (exact) mass is 345 g/mol. The maximum atomic E-state index is 12.3. The van der Waals surface area contributed by atoms with Gasteiger partial charge in [-0.25, -0.2) is 0 Å². The van der Waals surface area contributed by atoms with Gasteiger partial charge in [0.2, 0.25) is 11.8 Å². The number of amides is 2. The second kappa shape index (κ2) is 8.99.